The molecule has 0 bridgehead atoms. The molecule has 3 nitrogen and oxygen atoms in total. The lowest BCUT2D eigenvalue weighted by atomic mass is 10.1. The van der Waals surface area contributed by atoms with Crippen molar-refractivity contribution in [2.24, 2.45) is 0 Å². The van der Waals surface area contributed by atoms with Gasteiger partial charge in [0.15, 0.2) is 0 Å². The Morgan fingerprint density at radius 2 is 1.60 bits per heavy atom. The molecule has 3 aromatic heterocycles. The number of aromatic nitrogens is 3. The molecule has 0 saturated carbocycles. The molecule has 0 aliphatic heterocycles. The molecule has 0 atom stereocenters. The third kappa shape index (κ3) is 4.96. The quantitative estimate of drug-likeness (QED) is 0.372. The summed E-state index contributed by atoms with van der Waals surface area (Å²) in [5.74, 6) is 0. The van der Waals surface area contributed by atoms with Crippen molar-refractivity contribution >= 4 is 34.0 Å². The van der Waals surface area contributed by atoms with Crippen molar-refractivity contribution in [3.8, 4) is 19.8 Å². The Kier molecular flexibility index (Phi) is 6.73. The Labute approximate surface area is 162 Å². The van der Waals surface area contributed by atoms with Crippen molar-refractivity contribution in [2.75, 3.05) is 0 Å². The van der Waals surface area contributed by atoms with Gasteiger partial charge in [0.05, 0.1) is 20.5 Å². The van der Waals surface area contributed by atoms with Gasteiger partial charge in [-0.25, -0.2) is 15.0 Å². The largest absolute Gasteiger partial charge is 0.246 e. The molecule has 134 valence electrons. The van der Waals surface area contributed by atoms with E-state index in [9.17, 15) is 0 Å². The van der Waals surface area contributed by atoms with Crippen molar-refractivity contribution < 1.29 is 0 Å². The van der Waals surface area contributed by atoms with Crippen molar-refractivity contribution in [2.45, 2.75) is 65.7 Å². The fraction of sp³-hybridized carbons (Fsp3) is 0.526. The summed E-state index contributed by atoms with van der Waals surface area (Å²) < 4.78 is 0. The van der Waals surface area contributed by atoms with Crippen LogP contribution in [0.4, 0.5) is 0 Å². The Balaban J connectivity index is 1.67. The van der Waals surface area contributed by atoms with Gasteiger partial charge in [-0.15, -0.1) is 34.0 Å². The number of nitrogens with zero attached hydrogens (tertiary/aromatic N) is 3. The molecule has 0 fully saturated rings. The lowest BCUT2D eigenvalue weighted by Gasteiger charge is -2.01. The summed E-state index contributed by atoms with van der Waals surface area (Å²) in [6.07, 6.45) is 12.9. The number of rotatable bonds is 9. The Bertz CT molecular complexity index is 801. The van der Waals surface area contributed by atoms with E-state index in [1.165, 1.54) is 54.0 Å². The van der Waals surface area contributed by atoms with Crippen LogP contribution in [-0.2, 0) is 6.42 Å². The number of thiazole rings is 3. The van der Waals surface area contributed by atoms with Crippen LogP contribution in [0.15, 0.2) is 12.4 Å². The van der Waals surface area contributed by atoms with Crippen LogP contribution in [0.1, 0.15) is 61.0 Å². The van der Waals surface area contributed by atoms with Gasteiger partial charge in [-0.3, -0.25) is 0 Å². The zero-order valence-electron chi connectivity index (χ0n) is 15.2. The highest BCUT2D eigenvalue weighted by molar-refractivity contribution is 7.25. The SMILES string of the molecule is CCCCCCCCc1nc(C)sc1-c1ncc(-c2ncc(C)s2)s1. The van der Waals surface area contributed by atoms with Crippen LogP contribution in [0, 0.1) is 13.8 Å². The van der Waals surface area contributed by atoms with E-state index in [1.54, 1.807) is 34.0 Å². The predicted octanol–water partition coefficient (Wildman–Crippen LogP) is 6.91. The summed E-state index contributed by atoms with van der Waals surface area (Å²) in [6, 6.07) is 0. The van der Waals surface area contributed by atoms with E-state index < -0.39 is 0 Å². The molecule has 0 unspecified atom stereocenters. The molecule has 0 aliphatic carbocycles. The molecule has 0 radical (unpaired) electrons. The van der Waals surface area contributed by atoms with Gasteiger partial charge in [0.25, 0.3) is 0 Å². The molecular weight excluding hydrogens is 366 g/mol. The summed E-state index contributed by atoms with van der Waals surface area (Å²) in [6.45, 7) is 6.45. The van der Waals surface area contributed by atoms with Crippen molar-refractivity contribution in [1.29, 1.82) is 0 Å². The van der Waals surface area contributed by atoms with Crippen LogP contribution in [0.3, 0.4) is 0 Å². The number of aryl methyl sites for hydroxylation is 3. The minimum Gasteiger partial charge on any atom is -0.246 e. The van der Waals surface area contributed by atoms with Gasteiger partial charge in [-0.05, 0) is 26.7 Å². The summed E-state index contributed by atoms with van der Waals surface area (Å²) in [5, 5.41) is 3.30. The maximum Gasteiger partial charge on any atom is 0.135 e. The molecule has 0 aliphatic rings. The fourth-order valence-electron chi connectivity index (χ4n) is 2.83. The summed E-state index contributed by atoms with van der Waals surface area (Å²) in [7, 11) is 0. The molecule has 3 rings (SSSR count). The van der Waals surface area contributed by atoms with Gasteiger partial charge in [0.2, 0.25) is 0 Å². The van der Waals surface area contributed by atoms with Gasteiger partial charge in [-0.2, -0.15) is 0 Å². The minimum atomic E-state index is 1.07. The zero-order valence-corrected chi connectivity index (χ0v) is 17.6. The maximum atomic E-state index is 4.78. The Morgan fingerprint density at radius 3 is 2.36 bits per heavy atom. The van der Waals surface area contributed by atoms with Crippen molar-refractivity contribution in [3.63, 3.8) is 0 Å². The molecule has 0 aromatic carbocycles. The molecule has 0 amide bonds. The molecule has 3 aromatic rings. The highest BCUT2D eigenvalue weighted by Gasteiger charge is 2.16. The minimum absolute atomic E-state index is 1.07. The Morgan fingerprint density at radius 1 is 0.840 bits per heavy atom. The molecule has 0 saturated heterocycles. The average molecular weight is 392 g/mol. The highest BCUT2D eigenvalue weighted by Crippen LogP contribution is 2.38. The summed E-state index contributed by atoms with van der Waals surface area (Å²) in [5.41, 5.74) is 1.23. The first-order valence-corrected chi connectivity index (χ1v) is 11.5. The van der Waals surface area contributed by atoms with E-state index in [-0.39, 0.29) is 0 Å². The highest BCUT2D eigenvalue weighted by atomic mass is 32.1. The van der Waals surface area contributed by atoms with Gasteiger partial charge < -0.3 is 0 Å². The first kappa shape index (κ1) is 18.7. The lowest BCUT2D eigenvalue weighted by molar-refractivity contribution is 0.605. The first-order valence-electron chi connectivity index (χ1n) is 9.02. The molecule has 0 N–H and O–H groups in total. The van der Waals surface area contributed by atoms with Crippen molar-refractivity contribution in [3.05, 3.63) is 28.0 Å². The van der Waals surface area contributed by atoms with Crippen LogP contribution < -0.4 is 0 Å². The smallest absolute Gasteiger partial charge is 0.135 e. The van der Waals surface area contributed by atoms with E-state index >= 15 is 0 Å². The molecule has 6 heteroatoms. The average Bonchev–Trinajstić information content (AvgIpc) is 3.30. The molecular formula is C19H25N3S3. The van der Waals surface area contributed by atoms with E-state index in [2.05, 4.69) is 30.7 Å². The van der Waals surface area contributed by atoms with Crippen LogP contribution in [0.25, 0.3) is 19.8 Å². The van der Waals surface area contributed by atoms with Gasteiger partial charge in [-0.1, -0.05) is 39.0 Å². The summed E-state index contributed by atoms with van der Waals surface area (Å²) >= 11 is 5.24. The number of hydrogen-bond donors (Lipinski definition) is 0. The standard InChI is InChI=1S/C19H25N3S3/c1-4-5-6-7-8-9-10-15-17(24-14(3)22-15)19-21-12-16(25-19)18-20-11-13(2)23-18/h11-12H,4-10H2,1-3H3. The molecule has 0 spiro atoms. The topological polar surface area (TPSA) is 38.7 Å². The molecule has 25 heavy (non-hydrogen) atoms. The van der Waals surface area contributed by atoms with Crippen molar-refractivity contribution in [1.82, 2.24) is 15.0 Å². The first-order chi connectivity index (χ1) is 12.2. The maximum absolute atomic E-state index is 4.78. The van der Waals surface area contributed by atoms with E-state index in [4.69, 9.17) is 4.98 Å². The second kappa shape index (κ2) is 9.01. The van der Waals surface area contributed by atoms with E-state index in [0.29, 0.717) is 0 Å². The monoisotopic (exact) mass is 391 g/mol. The van der Waals surface area contributed by atoms with Crippen LogP contribution >= 0.6 is 34.0 Å². The van der Waals surface area contributed by atoms with E-state index in [1.807, 2.05) is 12.4 Å². The third-order valence-electron chi connectivity index (χ3n) is 4.10. The lowest BCUT2D eigenvalue weighted by Crippen LogP contribution is -1.89. The number of unbranched alkanes of at least 4 members (excludes halogenated alkanes) is 5. The van der Waals surface area contributed by atoms with Crippen LogP contribution in [-0.4, -0.2) is 15.0 Å². The second-order valence-electron chi connectivity index (χ2n) is 6.33. The van der Waals surface area contributed by atoms with E-state index in [0.717, 1.165) is 26.3 Å². The summed E-state index contributed by atoms with van der Waals surface area (Å²) in [4.78, 5) is 17.6. The predicted molar refractivity (Wildman–Crippen MR) is 111 cm³/mol. The van der Waals surface area contributed by atoms with Crippen LogP contribution in [0.5, 0.6) is 0 Å². The van der Waals surface area contributed by atoms with Crippen LogP contribution in [0.2, 0.25) is 0 Å². The second-order valence-corrected chi connectivity index (χ2v) is 9.80. The normalized spacial score (nSPS) is 11.3. The molecule has 3 heterocycles. The third-order valence-corrected chi connectivity index (χ3v) is 7.35. The van der Waals surface area contributed by atoms with Gasteiger partial charge >= 0.3 is 0 Å². The number of hydrogen-bond acceptors (Lipinski definition) is 6. The van der Waals surface area contributed by atoms with Gasteiger partial charge in [0.1, 0.15) is 10.0 Å². The zero-order chi connectivity index (χ0) is 17.6. The Hall–Kier alpha value is -1.11. The fourth-order valence-corrected chi connectivity index (χ4v) is 5.62. The van der Waals surface area contributed by atoms with Gasteiger partial charge in [0, 0.05) is 17.3 Å².